The lowest BCUT2D eigenvalue weighted by Crippen LogP contribution is -2.09. The molecule has 1 fully saturated rings. The molecule has 0 saturated heterocycles. The molecule has 0 aromatic heterocycles. The molecular formula is C13H18BrNO. The van der Waals surface area contributed by atoms with Gasteiger partial charge in [-0.05, 0) is 37.5 Å². The standard InChI is InChI=1S/C13H18BrNO/c1-9(15)12-8-11(14)4-5-13(12)16-7-6-10-2-3-10/h4-5,8-10H,2-3,6-7,15H2,1H3/t9-/m0/s1. The normalized spacial score (nSPS) is 17.2. The minimum atomic E-state index is 0.00780. The van der Waals surface area contributed by atoms with Crippen molar-refractivity contribution in [3.05, 3.63) is 28.2 Å². The van der Waals surface area contributed by atoms with E-state index in [1.165, 1.54) is 19.3 Å². The lowest BCUT2D eigenvalue weighted by molar-refractivity contribution is 0.298. The summed E-state index contributed by atoms with van der Waals surface area (Å²) in [5, 5.41) is 0. The smallest absolute Gasteiger partial charge is 0.124 e. The molecule has 2 N–H and O–H groups in total. The van der Waals surface area contributed by atoms with Crippen LogP contribution in [0.3, 0.4) is 0 Å². The van der Waals surface area contributed by atoms with E-state index < -0.39 is 0 Å². The molecular weight excluding hydrogens is 266 g/mol. The Labute approximate surface area is 105 Å². The molecule has 0 spiro atoms. The Morgan fingerprint density at radius 3 is 2.88 bits per heavy atom. The third-order valence-electron chi connectivity index (χ3n) is 2.94. The molecule has 1 aromatic carbocycles. The Hall–Kier alpha value is -0.540. The molecule has 1 aliphatic carbocycles. The molecule has 3 heteroatoms. The van der Waals surface area contributed by atoms with Gasteiger partial charge in [-0.1, -0.05) is 28.8 Å². The Balaban J connectivity index is 1.99. The highest BCUT2D eigenvalue weighted by Crippen LogP contribution is 2.33. The summed E-state index contributed by atoms with van der Waals surface area (Å²) < 4.78 is 6.85. The Morgan fingerprint density at radius 2 is 2.25 bits per heavy atom. The molecule has 0 amide bonds. The van der Waals surface area contributed by atoms with Crippen molar-refractivity contribution in [2.75, 3.05) is 6.61 Å². The average molecular weight is 284 g/mol. The van der Waals surface area contributed by atoms with Gasteiger partial charge in [-0.2, -0.15) is 0 Å². The molecule has 2 rings (SSSR count). The SMILES string of the molecule is C[C@H](N)c1cc(Br)ccc1OCCC1CC1. The van der Waals surface area contributed by atoms with Crippen LogP contribution < -0.4 is 10.5 Å². The number of halogens is 1. The molecule has 1 saturated carbocycles. The third kappa shape index (κ3) is 3.22. The van der Waals surface area contributed by atoms with Crippen LogP contribution in [0.5, 0.6) is 5.75 Å². The van der Waals surface area contributed by atoms with E-state index in [1.807, 2.05) is 25.1 Å². The van der Waals surface area contributed by atoms with E-state index >= 15 is 0 Å². The summed E-state index contributed by atoms with van der Waals surface area (Å²) in [5.74, 6) is 1.84. The fraction of sp³-hybridized carbons (Fsp3) is 0.538. The number of hydrogen-bond acceptors (Lipinski definition) is 2. The van der Waals surface area contributed by atoms with Crippen molar-refractivity contribution in [2.24, 2.45) is 11.7 Å². The highest BCUT2D eigenvalue weighted by molar-refractivity contribution is 9.10. The van der Waals surface area contributed by atoms with Crippen molar-refractivity contribution in [1.29, 1.82) is 0 Å². The fourth-order valence-corrected chi connectivity index (χ4v) is 2.13. The first kappa shape index (κ1) is 11.9. The number of nitrogens with two attached hydrogens (primary N) is 1. The minimum Gasteiger partial charge on any atom is -0.493 e. The molecule has 0 bridgehead atoms. The van der Waals surface area contributed by atoms with E-state index in [2.05, 4.69) is 15.9 Å². The van der Waals surface area contributed by atoms with E-state index in [0.29, 0.717) is 0 Å². The first-order valence-corrected chi connectivity index (χ1v) is 6.64. The maximum absolute atomic E-state index is 5.93. The molecule has 0 aliphatic heterocycles. The molecule has 1 atom stereocenters. The van der Waals surface area contributed by atoms with Crippen LogP contribution in [-0.4, -0.2) is 6.61 Å². The highest BCUT2D eigenvalue weighted by Gasteiger charge is 2.21. The van der Waals surface area contributed by atoms with Gasteiger partial charge in [-0.15, -0.1) is 0 Å². The van der Waals surface area contributed by atoms with E-state index in [0.717, 1.165) is 28.3 Å². The third-order valence-corrected chi connectivity index (χ3v) is 3.44. The quantitative estimate of drug-likeness (QED) is 0.895. The van der Waals surface area contributed by atoms with Crippen molar-refractivity contribution >= 4 is 15.9 Å². The lowest BCUT2D eigenvalue weighted by atomic mass is 10.1. The summed E-state index contributed by atoms with van der Waals surface area (Å²) in [6, 6.07) is 6.04. The van der Waals surface area contributed by atoms with Crippen LogP contribution in [0.4, 0.5) is 0 Å². The zero-order valence-corrected chi connectivity index (χ0v) is 11.2. The molecule has 2 nitrogen and oxygen atoms in total. The topological polar surface area (TPSA) is 35.2 Å². The maximum Gasteiger partial charge on any atom is 0.124 e. The molecule has 88 valence electrons. The van der Waals surface area contributed by atoms with Gasteiger partial charge in [0.15, 0.2) is 0 Å². The Bertz CT molecular complexity index is 361. The molecule has 1 aromatic rings. The number of rotatable bonds is 5. The first-order valence-electron chi connectivity index (χ1n) is 5.84. The predicted octanol–water partition coefficient (Wildman–Crippen LogP) is 3.65. The summed E-state index contributed by atoms with van der Waals surface area (Å²) in [7, 11) is 0. The zero-order valence-electron chi connectivity index (χ0n) is 9.58. The largest absolute Gasteiger partial charge is 0.493 e. The van der Waals surface area contributed by atoms with Gasteiger partial charge in [0.25, 0.3) is 0 Å². The van der Waals surface area contributed by atoms with E-state index in [-0.39, 0.29) is 6.04 Å². The van der Waals surface area contributed by atoms with Crippen LogP contribution in [0.1, 0.15) is 37.8 Å². The van der Waals surface area contributed by atoms with Gasteiger partial charge in [0.05, 0.1) is 6.61 Å². The predicted molar refractivity (Wildman–Crippen MR) is 69.6 cm³/mol. The fourth-order valence-electron chi connectivity index (χ4n) is 1.75. The van der Waals surface area contributed by atoms with E-state index in [4.69, 9.17) is 10.5 Å². The van der Waals surface area contributed by atoms with Crippen molar-refractivity contribution in [2.45, 2.75) is 32.2 Å². The zero-order chi connectivity index (χ0) is 11.5. The summed E-state index contributed by atoms with van der Waals surface area (Å²) >= 11 is 3.45. The second-order valence-electron chi connectivity index (χ2n) is 4.55. The first-order chi connectivity index (χ1) is 7.66. The van der Waals surface area contributed by atoms with Gasteiger partial charge in [0.2, 0.25) is 0 Å². The molecule has 0 unspecified atom stereocenters. The van der Waals surface area contributed by atoms with Gasteiger partial charge in [0.1, 0.15) is 5.75 Å². The Kier molecular flexibility index (Phi) is 3.87. The second-order valence-corrected chi connectivity index (χ2v) is 5.47. The molecule has 16 heavy (non-hydrogen) atoms. The summed E-state index contributed by atoms with van der Waals surface area (Å²) in [6.45, 7) is 2.79. The van der Waals surface area contributed by atoms with Crippen LogP contribution in [-0.2, 0) is 0 Å². The van der Waals surface area contributed by atoms with Crippen molar-refractivity contribution in [3.8, 4) is 5.75 Å². The monoisotopic (exact) mass is 283 g/mol. The van der Waals surface area contributed by atoms with Crippen molar-refractivity contribution < 1.29 is 4.74 Å². The Morgan fingerprint density at radius 1 is 1.50 bits per heavy atom. The van der Waals surface area contributed by atoms with Crippen molar-refractivity contribution in [3.63, 3.8) is 0 Å². The maximum atomic E-state index is 5.93. The number of ether oxygens (including phenoxy) is 1. The van der Waals surface area contributed by atoms with Crippen LogP contribution >= 0.6 is 15.9 Å². The van der Waals surface area contributed by atoms with Crippen LogP contribution in [0.2, 0.25) is 0 Å². The number of hydrogen-bond donors (Lipinski definition) is 1. The molecule has 1 aliphatic rings. The van der Waals surface area contributed by atoms with Gasteiger partial charge in [0, 0.05) is 16.1 Å². The van der Waals surface area contributed by atoms with Crippen LogP contribution in [0.15, 0.2) is 22.7 Å². The summed E-state index contributed by atoms with van der Waals surface area (Å²) in [5.41, 5.74) is 7.00. The van der Waals surface area contributed by atoms with Gasteiger partial charge in [-0.25, -0.2) is 0 Å². The second kappa shape index (κ2) is 5.19. The van der Waals surface area contributed by atoms with Crippen molar-refractivity contribution in [1.82, 2.24) is 0 Å². The van der Waals surface area contributed by atoms with Crippen LogP contribution in [0.25, 0.3) is 0 Å². The molecule has 0 heterocycles. The van der Waals surface area contributed by atoms with Crippen LogP contribution in [0, 0.1) is 5.92 Å². The van der Waals surface area contributed by atoms with Gasteiger partial charge >= 0.3 is 0 Å². The minimum absolute atomic E-state index is 0.00780. The van der Waals surface area contributed by atoms with E-state index in [9.17, 15) is 0 Å². The summed E-state index contributed by atoms with van der Waals surface area (Å²) in [4.78, 5) is 0. The summed E-state index contributed by atoms with van der Waals surface area (Å²) in [6.07, 6.45) is 3.93. The lowest BCUT2D eigenvalue weighted by Gasteiger charge is -2.14. The molecule has 0 radical (unpaired) electrons. The van der Waals surface area contributed by atoms with E-state index in [1.54, 1.807) is 0 Å². The highest BCUT2D eigenvalue weighted by atomic mass is 79.9. The average Bonchev–Trinajstić information content (AvgIpc) is 3.04. The number of benzene rings is 1. The van der Waals surface area contributed by atoms with Gasteiger partial charge in [-0.3, -0.25) is 0 Å². The van der Waals surface area contributed by atoms with Gasteiger partial charge < -0.3 is 10.5 Å².